The molecule has 1 fully saturated rings. The van der Waals surface area contributed by atoms with Crippen molar-refractivity contribution in [1.82, 2.24) is 19.9 Å². The van der Waals surface area contributed by atoms with Crippen molar-refractivity contribution >= 4 is 16.9 Å². The summed E-state index contributed by atoms with van der Waals surface area (Å²) in [4.78, 5) is 21.4. The topological polar surface area (TPSA) is 71.8 Å². The van der Waals surface area contributed by atoms with Crippen molar-refractivity contribution in [1.29, 1.82) is 0 Å². The molecule has 2 aromatic heterocycles. The van der Waals surface area contributed by atoms with Crippen LogP contribution in [-0.2, 0) is 12.5 Å². The summed E-state index contributed by atoms with van der Waals surface area (Å²) < 4.78 is 42.2. The van der Waals surface area contributed by atoms with Gasteiger partial charge in [-0.15, -0.1) is 0 Å². The van der Waals surface area contributed by atoms with Gasteiger partial charge in [0.15, 0.2) is 0 Å². The zero-order valence-electron chi connectivity index (χ0n) is 16.8. The second-order valence-electron chi connectivity index (χ2n) is 7.96. The van der Waals surface area contributed by atoms with Crippen molar-refractivity contribution < 1.29 is 13.2 Å². The van der Waals surface area contributed by atoms with Crippen LogP contribution in [0.1, 0.15) is 43.0 Å². The monoisotopic (exact) mass is 417 g/mol. The number of halogens is 3. The lowest BCUT2D eigenvalue weighted by Crippen LogP contribution is -2.57. The van der Waals surface area contributed by atoms with Crippen LogP contribution in [0.25, 0.3) is 11.0 Å². The molecule has 0 bridgehead atoms. The fraction of sp³-hybridized carbons (Fsp3) is 0.381. The van der Waals surface area contributed by atoms with E-state index in [4.69, 9.17) is 0 Å². The summed E-state index contributed by atoms with van der Waals surface area (Å²) in [5, 5.41) is 6.90. The molecule has 3 heterocycles. The van der Waals surface area contributed by atoms with Gasteiger partial charge in [0.1, 0.15) is 23.6 Å². The smallest absolute Gasteiger partial charge is 0.266 e. The van der Waals surface area contributed by atoms with Gasteiger partial charge in [0, 0.05) is 36.7 Å². The van der Waals surface area contributed by atoms with Gasteiger partial charge in [-0.3, -0.25) is 9.36 Å². The predicted molar refractivity (Wildman–Crippen MR) is 108 cm³/mol. The Bertz CT molecular complexity index is 1170. The fourth-order valence-electron chi connectivity index (χ4n) is 3.86. The number of alkyl halides is 2. The summed E-state index contributed by atoms with van der Waals surface area (Å²) in [5.74, 6) is -0.533. The summed E-state index contributed by atoms with van der Waals surface area (Å²) in [5.41, 5.74) is 0.140. The highest BCUT2D eigenvalue weighted by Crippen LogP contribution is 2.32. The van der Waals surface area contributed by atoms with Gasteiger partial charge >= 0.3 is 0 Å². The summed E-state index contributed by atoms with van der Waals surface area (Å²) >= 11 is 0. The number of pyridine rings is 1. The number of nitrogens with zero attached hydrogens (tertiary/aromatic N) is 3. The zero-order valence-corrected chi connectivity index (χ0v) is 16.8. The van der Waals surface area contributed by atoms with E-state index in [1.807, 2.05) is 6.92 Å². The Labute approximate surface area is 171 Å². The zero-order chi connectivity index (χ0) is 21.6. The second kappa shape index (κ2) is 7.39. The number of fused-ring (bicyclic) bond motifs is 1. The van der Waals surface area contributed by atoms with Gasteiger partial charge in [-0.25, -0.2) is 23.1 Å². The minimum atomic E-state index is -2.90. The third-order valence-electron chi connectivity index (χ3n) is 5.80. The maximum absolute atomic E-state index is 14.6. The molecule has 1 unspecified atom stereocenters. The van der Waals surface area contributed by atoms with E-state index in [0.29, 0.717) is 35.5 Å². The minimum Gasteiger partial charge on any atom is -0.363 e. The summed E-state index contributed by atoms with van der Waals surface area (Å²) in [6.07, 6.45) is -1.58. The van der Waals surface area contributed by atoms with Crippen LogP contribution in [0.5, 0.6) is 0 Å². The minimum absolute atomic E-state index is 0.111. The maximum atomic E-state index is 14.6. The Hall–Kier alpha value is -2.94. The number of aryl methyl sites for hydroxylation is 1. The molecule has 4 rings (SSSR count). The van der Waals surface area contributed by atoms with E-state index in [1.54, 1.807) is 20.0 Å². The largest absolute Gasteiger partial charge is 0.363 e. The van der Waals surface area contributed by atoms with Crippen LogP contribution in [0, 0.1) is 5.82 Å². The third-order valence-corrected chi connectivity index (χ3v) is 5.80. The molecule has 0 amide bonds. The predicted octanol–water partition coefficient (Wildman–Crippen LogP) is 3.44. The first-order chi connectivity index (χ1) is 14.2. The van der Waals surface area contributed by atoms with E-state index in [9.17, 15) is 18.0 Å². The molecule has 0 aliphatic carbocycles. The van der Waals surface area contributed by atoms with Crippen molar-refractivity contribution in [2.45, 2.75) is 31.7 Å². The summed E-state index contributed by atoms with van der Waals surface area (Å²) in [7, 11) is 1.65. The lowest BCUT2D eigenvalue weighted by atomic mass is 9.77. The Morgan fingerprint density at radius 3 is 2.57 bits per heavy atom. The van der Waals surface area contributed by atoms with E-state index in [0.717, 1.165) is 6.07 Å². The number of benzene rings is 1. The molecule has 0 saturated carbocycles. The molecule has 158 valence electrons. The van der Waals surface area contributed by atoms with E-state index in [1.165, 1.54) is 23.0 Å². The standard InChI is InChI=1S/C21H22F3N5O/c1-11(12-5-4-6-13(16(12)22)17(23)24)28-18-14-7-15(21(2)8-25-9-21)20(30)29(3)19(14)27-10-26-18/h4-7,10-11,17,25H,8-9H2,1-3H3,(H,26,27,28). The van der Waals surface area contributed by atoms with Crippen molar-refractivity contribution in [2.75, 3.05) is 18.4 Å². The Kier molecular flexibility index (Phi) is 5.01. The first-order valence-corrected chi connectivity index (χ1v) is 9.62. The summed E-state index contributed by atoms with van der Waals surface area (Å²) in [6, 6.07) is 5.08. The van der Waals surface area contributed by atoms with Crippen molar-refractivity contribution in [3.63, 3.8) is 0 Å². The lowest BCUT2D eigenvalue weighted by Gasteiger charge is -2.39. The van der Waals surface area contributed by atoms with Gasteiger partial charge in [0.25, 0.3) is 12.0 Å². The van der Waals surface area contributed by atoms with E-state index in [-0.39, 0.29) is 16.5 Å². The normalized spacial score (nSPS) is 16.5. The van der Waals surface area contributed by atoms with Crippen molar-refractivity contribution in [2.24, 2.45) is 7.05 Å². The molecule has 2 N–H and O–H groups in total. The molecule has 9 heteroatoms. The average Bonchev–Trinajstić information content (AvgIpc) is 2.69. The highest BCUT2D eigenvalue weighted by molar-refractivity contribution is 5.87. The molecule has 6 nitrogen and oxygen atoms in total. The van der Waals surface area contributed by atoms with Crippen LogP contribution >= 0.6 is 0 Å². The quantitative estimate of drug-likeness (QED) is 0.666. The summed E-state index contributed by atoms with van der Waals surface area (Å²) in [6.45, 7) is 5.05. The van der Waals surface area contributed by atoms with Crippen LogP contribution in [0.4, 0.5) is 19.0 Å². The van der Waals surface area contributed by atoms with Gasteiger partial charge < -0.3 is 10.6 Å². The molecular formula is C21H22F3N5O. The first kappa shape index (κ1) is 20.3. The first-order valence-electron chi connectivity index (χ1n) is 9.62. The molecule has 1 aliphatic heterocycles. The highest BCUT2D eigenvalue weighted by Gasteiger charge is 2.36. The molecular weight excluding hydrogens is 395 g/mol. The van der Waals surface area contributed by atoms with Gasteiger partial charge in [0.05, 0.1) is 17.0 Å². The Morgan fingerprint density at radius 1 is 1.23 bits per heavy atom. The molecule has 30 heavy (non-hydrogen) atoms. The van der Waals surface area contributed by atoms with E-state index >= 15 is 0 Å². The average molecular weight is 417 g/mol. The maximum Gasteiger partial charge on any atom is 0.266 e. The molecule has 1 atom stereocenters. The van der Waals surface area contributed by atoms with E-state index in [2.05, 4.69) is 20.6 Å². The van der Waals surface area contributed by atoms with Crippen LogP contribution in [0.3, 0.4) is 0 Å². The van der Waals surface area contributed by atoms with Crippen LogP contribution in [-0.4, -0.2) is 27.6 Å². The Balaban J connectivity index is 1.79. The van der Waals surface area contributed by atoms with Gasteiger partial charge in [0.2, 0.25) is 0 Å². The van der Waals surface area contributed by atoms with Gasteiger partial charge in [-0.2, -0.15) is 0 Å². The number of hydrogen-bond acceptors (Lipinski definition) is 5. The van der Waals surface area contributed by atoms with Crippen LogP contribution in [0.2, 0.25) is 0 Å². The highest BCUT2D eigenvalue weighted by atomic mass is 19.3. The number of aromatic nitrogens is 3. The van der Waals surface area contributed by atoms with E-state index < -0.39 is 23.8 Å². The molecule has 0 radical (unpaired) electrons. The number of hydrogen-bond donors (Lipinski definition) is 2. The van der Waals surface area contributed by atoms with Crippen molar-refractivity contribution in [3.05, 3.63) is 63.5 Å². The number of nitrogens with one attached hydrogen (secondary N) is 2. The van der Waals surface area contributed by atoms with Gasteiger partial charge in [-0.1, -0.05) is 25.1 Å². The molecule has 0 spiro atoms. The van der Waals surface area contributed by atoms with Crippen LogP contribution in [0.15, 0.2) is 35.4 Å². The SMILES string of the molecule is CC(Nc1ncnc2c1cc(C1(C)CNC1)c(=O)n2C)c1cccc(C(F)F)c1F. The molecule has 1 aromatic carbocycles. The number of anilines is 1. The van der Waals surface area contributed by atoms with Crippen molar-refractivity contribution in [3.8, 4) is 0 Å². The molecule has 1 saturated heterocycles. The fourth-order valence-corrected chi connectivity index (χ4v) is 3.86. The molecule has 1 aliphatic rings. The number of rotatable bonds is 5. The molecule has 3 aromatic rings. The second-order valence-corrected chi connectivity index (χ2v) is 7.96. The lowest BCUT2D eigenvalue weighted by molar-refractivity contribution is 0.146. The Morgan fingerprint density at radius 2 is 1.93 bits per heavy atom. The third kappa shape index (κ3) is 3.23. The van der Waals surface area contributed by atoms with Crippen LogP contribution < -0.4 is 16.2 Å². The van der Waals surface area contributed by atoms with Gasteiger partial charge in [-0.05, 0) is 13.0 Å².